The lowest BCUT2D eigenvalue weighted by molar-refractivity contribution is -0.143. The van der Waals surface area contributed by atoms with Crippen molar-refractivity contribution in [2.24, 2.45) is 0 Å². The maximum atomic E-state index is 12.1. The van der Waals surface area contributed by atoms with Crippen molar-refractivity contribution in [1.29, 1.82) is 0 Å². The van der Waals surface area contributed by atoms with Gasteiger partial charge in [-0.25, -0.2) is 0 Å². The Kier molecular flexibility index (Phi) is 6.40. The summed E-state index contributed by atoms with van der Waals surface area (Å²) in [6.45, 7) is 4.79. The third-order valence-corrected chi connectivity index (χ3v) is 3.90. The Hall–Kier alpha value is -1.88. The maximum absolute atomic E-state index is 12.1. The lowest BCUT2D eigenvalue weighted by Crippen LogP contribution is -2.45. The van der Waals surface area contributed by atoms with E-state index in [0.717, 1.165) is 32.5 Å². The van der Waals surface area contributed by atoms with Gasteiger partial charge in [-0.15, -0.1) is 0 Å². The van der Waals surface area contributed by atoms with Crippen LogP contribution in [0.3, 0.4) is 0 Å². The summed E-state index contributed by atoms with van der Waals surface area (Å²) in [5.41, 5.74) is 0.701. The van der Waals surface area contributed by atoms with E-state index in [9.17, 15) is 9.59 Å². The minimum atomic E-state index is -0.137. The summed E-state index contributed by atoms with van der Waals surface area (Å²) in [5, 5.41) is 3.08. The molecule has 1 heterocycles. The van der Waals surface area contributed by atoms with Crippen molar-refractivity contribution >= 4 is 11.9 Å². The van der Waals surface area contributed by atoms with Crippen LogP contribution < -0.4 is 5.32 Å². The molecule has 120 valence electrons. The van der Waals surface area contributed by atoms with Crippen LogP contribution in [0.25, 0.3) is 0 Å². The summed E-state index contributed by atoms with van der Waals surface area (Å²) in [6.07, 6.45) is 2.28. The molecule has 0 aromatic heterocycles. The fourth-order valence-corrected chi connectivity index (χ4v) is 2.64. The molecular weight excluding hydrogens is 280 g/mol. The van der Waals surface area contributed by atoms with Gasteiger partial charge in [-0.1, -0.05) is 18.2 Å². The van der Waals surface area contributed by atoms with Crippen LogP contribution in [-0.4, -0.2) is 49.1 Å². The number of likely N-dealkylation sites (tertiary alicyclic amines) is 1. The van der Waals surface area contributed by atoms with Crippen LogP contribution in [0.5, 0.6) is 0 Å². The minimum Gasteiger partial charge on any atom is -0.466 e. The molecule has 5 heteroatoms. The first-order chi connectivity index (χ1) is 10.7. The number of benzene rings is 1. The predicted octanol–water partition coefficient (Wildman–Crippen LogP) is 1.83. The first-order valence-electron chi connectivity index (χ1n) is 7.93. The van der Waals surface area contributed by atoms with E-state index < -0.39 is 0 Å². The minimum absolute atomic E-state index is 0.00873. The summed E-state index contributed by atoms with van der Waals surface area (Å²) in [5.74, 6) is -0.146. The first-order valence-corrected chi connectivity index (χ1v) is 7.93. The highest BCUT2D eigenvalue weighted by Crippen LogP contribution is 2.12. The van der Waals surface area contributed by atoms with Gasteiger partial charge in [-0.05, 0) is 31.9 Å². The molecule has 5 nitrogen and oxygen atoms in total. The molecule has 0 aliphatic carbocycles. The molecule has 0 unspecified atom stereocenters. The molecule has 1 aliphatic rings. The number of carbonyl (C=O) groups is 2. The number of hydrogen-bond donors (Lipinski definition) is 1. The topological polar surface area (TPSA) is 58.6 Å². The van der Waals surface area contributed by atoms with Crippen LogP contribution in [0, 0.1) is 0 Å². The van der Waals surface area contributed by atoms with Gasteiger partial charge in [0.15, 0.2) is 0 Å². The molecule has 1 fully saturated rings. The van der Waals surface area contributed by atoms with E-state index in [-0.39, 0.29) is 17.9 Å². The number of piperidine rings is 1. The Morgan fingerprint density at radius 2 is 1.91 bits per heavy atom. The largest absolute Gasteiger partial charge is 0.466 e. The molecular formula is C17H24N2O3. The first kappa shape index (κ1) is 16.5. The van der Waals surface area contributed by atoms with Gasteiger partial charge in [0.1, 0.15) is 0 Å². The van der Waals surface area contributed by atoms with Crippen molar-refractivity contribution < 1.29 is 14.3 Å². The van der Waals surface area contributed by atoms with Gasteiger partial charge in [0.2, 0.25) is 0 Å². The Bertz CT molecular complexity index is 482. The van der Waals surface area contributed by atoms with Gasteiger partial charge < -0.3 is 15.0 Å². The molecule has 22 heavy (non-hydrogen) atoms. The molecule has 1 amide bonds. The van der Waals surface area contributed by atoms with Crippen LogP contribution in [0.15, 0.2) is 30.3 Å². The van der Waals surface area contributed by atoms with Crippen LogP contribution in [0.1, 0.15) is 36.5 Å². The van der Waals surface area contributed by atoms with E-state index >= 15 is 0 Å². The zero-order chi connectivity index (χ0) is 15.8. The summed E-state index contributed by atoms with van der Waals surface area (Å²) in [7, 11) is 0. The summed E-state index contributed by atoms with van der Waals surface area (Å²) >= 11 is 0. The van der Waals surface area contributed by atoms with Crippen LogP contribution >= 0.6 is 0 Å². The van der Waals surface area contributed by atoms with Crippen molar-refractivity contribution in [3.8, 4) is 0 Å². The van der Waals surface area contributed by atoms with E-state index in [4.69, 9.17) is 4.74 Å². The number of carbonyl (C=O) groups excluding carboxylic acids is 2. The van der Waals surface area contributed by atoms with Gasteiger partial charge in [0.05, 0.1) is 13.0 Å². The summed E-state index contributed by atoms with van der Waals surface area (Å²) in [4.78, 5) is 25.7. The van der Waals surface area contributed by atoms with Crippen LogP contribution in [-0.2, 0) is 9.53 Å². The number of esters is 1. The third-order valence-electron chi connectivity index (χ3n) is 3.90. The maximum Gasteiger partial charge on any atom is 0.307 e. The Balaban J connectivity index is 1.69. The van der Waals surface area contributed by atoms with Crippen molar-refractivity contribution in [3.63, 3.8) is 0 Å². The van der Waals surface area contributed by atoms with Crippen molar-refractivity contribution in [2.75, 3.05) is 26.2 Å². The van der Waals surface area contributed by atoms with Crippen LogP contribution in [0.2, 0.25) is 0 Å². The number of nitrogens with one attached hydrogen (secondary N) is 1. The second-order valence-corrected chi connectivity index (χ2v) is 5.51. The van der Waals surface area contributed by atoms with Crippen molar-refractivity contribution in [1.82, 2.24) is 10.2 Å². The van der Waals surface area contributed by atoms with Gasteiger partial charge in [0, 0.05) is 31.2 Å². The fraction of sp³-hybridized carbons (Fsp3) is 0.529. The highest BCUT2D eigenvalue weighted by molar-refractivity contribution is 5.94. The normalized spacial score (nSPS) is 16.2. The molecule has 1 aliphatic heterocycles. The second kappa shape index (κ2) is 8.54. The predicted molar refractivity (Wildman–Crippen MR) is 84.6 cm³/mol. The molecule has 1 aromatic rings. The van der Waals surface area contributed by atoms with Gasteiger partial charge in [-0.3, -0.25) is 9.59 Å². The number of hydrogen-bond acceptors (Lipinski definition) is 4. The van der Waals surface area contributed by atoms with Gasteiger partial charge in [-0.2, -0.15) is 0 Å². The number of ether oxygens (including phenoxy) is 1. The smallest absolute Gasteiger partial charge is 0.307 e. The molecule has 0 bridgehead atoms. The number of amides is 1. The SMILES string of the molecule is CCOC(=O)CCN1CCC(NC(=O)c2ccccc2)CC1. The van der Waals surface area contributed by atoms with Crippen molar-refractivity contribution in [3.05, 3.63) is 35.9 Å². The number of rotatable bonds is 6. The van der Waals surface area contributed by atoms with E-state index in [2.05, 4.69) is 10.2 Å². The van der Waals surface area contributed by atoms with Crippen molar-refractivity contribution in [2.45, 2.75) is 32.2 Å². The second-order valence-electron chi connectivity index (χ2n) is 5.51. The quantitative estimate of drug-likeness (QED) is 0.815. The fourth-order valence-electron chi connectivity index (χ4n) is 2.64. The molecule has 0 saturated carbocycles. The number of nitrogens with zero attached hydrogens (tertiary/aromatic N) is 1. The van der Waals surface area contributed by atoms with Crippen LogP contribution in [0.4, 0.5) is 0 Å². The average Bonchev–Trinajstić information content (AvgIpc) is 2.55. The summed E-state index contributed by atoms with van der Waals surface area (Å²) in [6, 6.07) is 9.50. The average molecular weight is 304 g/mol. The molecule has 1 N–H and O–H groups in total. The Labute approximate surface area is 131 Å². The Morgan fingerprint density at radius 1 is 1.23 bits per heavy atom. The van der Waals surface area contributed by atoms with Gasteiger partial charge in [0.25, 0.3) is 5.91 Å². The third kappa shape index (κ3) is 5.15. The molecule has 0 radical (unpaired) electrons. The van der Waals surface area contributed by atoms with E-state index in [1.807, 2.05) is 37.3 Å². The standard InChI is InChI=1S/C17H24N2O3/c1-2-22-16(20)10-13-19-11-8-15(9-12-19)18-17(21)14-6-4-3-5-7-14/h3-7,15H,2,8-13H2,1H3,(H,18,21). The lowest BCUT2D eigenvalue weighted by atomic mass is 10.0. The highest BCUT2D eigenvalue weighted by atomic mass is 16.5. The molecule has 2 rings (SSSR count). The molecule has 1 aromatic carbocycles. The molecule has 1 saturated heterocycles. The monoisotopic (exact) mass is 304 g/mol. The van der Waals surface area contributed by atoms with E-state index in [1.165, 1.54) is 0 Å². The van der Waals surface area contributed by atoms with E-state index in [1.54, 1.807) is 0 Å². The summed E-state index contributed by atoms with van der Waals surface area (Å²) < 4.78 is 4.93. The van der Waals surface area contributed by atoms with E-state index in [0.29, 0.717) is 18.6 Å². The van der Waals surface area contributed by atoms with Gasteiger partial charge >= 0.3 is 5.97 Å². The molecule has 0 atom stereocenters. The highest BCUT2D eigenvalue weighted by Gasteiger charge is 2.21. The zero-order valence-corrected chi connectivity index (χ0v) is 13.1. The lowest BCUT2D eigenvalue weighted by Gasteiger charge is -2.32. The molecule has 0 spiro atoms. The zero-order valence-electron chi connectivity index (χ0n) is 13.1. The Morgan fingerprint density at radius 3 is 2.55 bits per heavy atom.